The van der Waals surface area contributed by atoms with E-state index in [-0.39, 0.29) is 32.6 Å². The molecule has 1 atom stereocenters. The zero-order valence-electron chi connectivity index (χ0n) is 19.7. The summed E-state index contributed by atoms with van der Waals surface area (Å²) >= 11 is 0. The molecule has 0 bridgehead atoms. The van der Waals surface area contributed by atoms with Crippen LogP contribution >= 0.6 is 0 Å². The Kier molecular flexibility index (Phi) is 10.2. The molecule has 3 rings (SSSR count). The first-order valence-corrected chi connectivity index (χ1v) is 11.5. The molecule has 186 valence electrons. The smallest absolute Gasteiger partial charge is 0.328 e. The van der Waals surface area contributed by atoms with Crippen LogP contribution in [0.1, 0.15) is 34.3 Å². The van der Waals surface area contributed by atoms with Gasteiger partial charge in [-0.15, -0.1) is 0 Å². The van der Waals surface area contributed by atoms with Gasteiger partial charge >= 0.3 is 11.9 Å². The molecule has 2 N–H and O–H groups in total. The second-order valence-electron chi connectivity index (χ2n) is 7.95. The molecular weight excluding hydrogens is 460 g/mol. The van der Waals surface area contributed by atoms with Crippen LogP contribution in [0.5, 0.6) is 0 Å². The normalized spacial score (nSPS) is 11.1. The van der Waals surface area contributed by atoms with Gasteiger partial charge in [-0.2, -0.15) is 0 Å². The van der Waals surface area contributed by atoms with Crippen LogP contribution in [-0.4, -0.2) is 36.3 Å². The van der Waals surface area contributed by atoms with Crippen molar-refractivity contribution in [2.45, 2.75) is 32.1 Å². The molecule has 8 nitrogen and oxygen atoms in total. The Morgan fingerprint density at radius 2 is 1.22 bits per heavy atom. The fourth-order valence-electron chi connectivity index (χ4n) is 3.25. The molecular formula is C28H28N2O6. The van der Waals surface area contributed by atoms with Crippen molar-refractivity contribution in [2.24, 2.45) is 0 Å². The first-order chi connectivity index (χ1) is 17.5. The standard InChI is InChI=1S/C28H28N2O6/c31-25(18-29-27(33)23-14-8-3-9-15-23)30-24(28(34)36-20-22-12-6-2-7-13-22)16-17-26(32)35-19-21-10-4-1-5-11-21/h1-15,24H,16-20H2,(H,29,33)(H,30,31). The number of carbonyl (C=O) groups excluding carboxylic acids is 4. The molecule has 0 spiro atoms. The minimum atomic E-state index is -1.08. The van der Waals surface area contributed by atoms with E-state index in [1.807, 2.05) is 48.5 Å². The van der Waals surface area contributed by atoms with Crippen molar-refractivity contribution in [3.8, 4) is 0 Å². The van der Waals surface area contributed by atoms with E-state index in [2.05, 4.69) is 10.6 Å². The molecule has 0 fully saturated rings. The average molecular weight is 489 g/mol. The van der Waals surface area contributed by atoms with E-state index >= 15 is 0 Å². The molecule has 0 saturated carbocycles. The van der Waals surface area contributed by atoms with Crippen molar-refractivity contribution in [3.05, 3.63) is 108 Å². The molecule has 0 heterocycles. The Morgan fingerprint density at radius 3 is 1.81 bits per heavy atom. The number of ether oxygens (including phenoxy) is 2. The number of esters is 2. The van der Waals surface area contributed by atoms with Gasteiger partial charge in [0.25, 0.3) is 5.91 Å². The van der Waals surface area contributed by atoms with E-state index < -0.39 is 29.8 Å². The summed E-state index contributed by atoms with van der Waals surface area (Å²) < 4.78 is 10.6. The lowest BCUT2D eigenvalue weighted by Crippen LogP contribution is -2.46. The maximum Gasteiger partial charge on any atom is 0.328 e. The monoisotopic (exact) mass is 488 g/mol. The van der Waals surface area contributed by atoms with Crippen LogP contribution < -0.4 is 10.6 Å². The maximum absolute atomic E-state index is 12.7. The number of carbonyl (C=O) groups is 4. The van der Waals surface area contributed by atoms with Crippen LogP contribution in [0.4, 0.5) is 0 Å². The number of benzene rings is 3. The summed E-state index contributed by atoms with van der Waals surface area (Å²) in [4.78, 5) is 49.6. The quantitative estimate of drug-likeness (QED) is 0.379. The van der Waals surface area contributed by atoms with Gasteiger partial charge in [-0.25, -0.2) is 4.79 Å². The van der Waals surface area contributed by atoms with Gasteiger partial charge < -0.3 is 20.1 Å². The fraction of sp³-hybridized carbons (Fsp3) is 0.214. The molecule has 0 radical (unpaired) electrons. The largest absolute Gasteiger partial charge is 0.461 e. The van der Waals surface area contributed by atoms with Gasteiger partial charge in [-0.3, -0.25) is 14.4 Å². The second kappa shape index (κ2) is 14.1. The minimum Gasteiger partial charge on any atom is -0.461 e. The lowest BCUT2D eigenvalue weighted by Gasteiger charge is -2.18. The third kappa shape index (κ3) is 9.06. The van der Waals surface area contributed by atoms with Crippen molar-refractivity contribution in [3.63, 3.8) is 0 Å². The molecule has 0 aliphatic rings. The van der Waals surface area contributed by atoms with Crippen molar-refractivity contribution in [2.75, 3.05) is 6.54 Å². The van der Waals surface area contributed by atoms with E-state index in [0.29, 0.717) is 5.56 Å². The van der Waals surface area contributed by atoms with Crippen LogP contribution in [0.3, 0.4) is 0 Å². The molecule has 0 aliphatic heterocycles. The summed E-state index contributed by atoms with van der Waals surface area (Å²) in [6.45, 7) is -0.204. The molecule has 1 unspecified atom stereocenters. The Morgan fingerprint density at radius 1 is 0.694 bits per heavy atom. The Labute approximate surface area is 209 Å². The number of hydrogen-bond donors (Lipinski definition) is 2. The van der Waals surface area contributed by atoms with E-state index in [1.54, 1.807) is 42.5 Å². The molecule has 8 heteroatoms. The van der Waals surface area contributed by atoms with Gasteiger partial charge in [0, 0.05) is 12.0 Å². The molecule has 36 heavy (non-hydrogen) atoms. The molecule has 3 aromatic carbocycles. The molecule has 2 amide bonds. The highest BCUT2D eigenvalue weighted by Crippen LogP contribution is 2.08. The van der Waals surface area contributed by atoms with Gasteiger partial charge in [0.05, 0.1) is 6.54 Å². The van der Waals surface area contributed by atoms with Gasteiger partial charge in [0.2, 0.25) is 5.91 Å². The molecule has 3 aromatic rings. The number of amides is 2. The van der Waals surface area contributed by atoms with Crippen molar-refractivity contribution in [1.82, 2.24) is 10.6 Å². The zero-order chi connectivity index (χ0) is 25.6. The number of hydrogen-bond acceptors (Lipinski definition) is 6. The van der Waals surface area contributed by atoms with Gasteiger partial charge in [0.1, 0.15) is 19.3 Å². The topological polar surface area (TPSA) is 111 Å². The highest BCUT2D eigenvalue weighted by atomic mass is 16.5. The summed E-state index contributed by atoms with van der Waals surface area (Å²) in [5.74, 6) is -2.19. The Hall–Kier alpha value is -4.46. The second-order valence-corrected chi connectivity index (χ2v) is 7.95. The molecule has 0 aliphatic carbocycles. The summed E-state index contributed by atoms with van der Waals surface area (Å²) in [5, 5.41) is 5.06. The minimum absolute atomic E-state index is 0.0143. The SMILES string of the molecule is O=C(CNC(=O)c1ccccc1)NC(CCC(=O)OCc1ccccc1)C(=O)OCc1ccccc1. The molecule has 0 saturated heterocycles. The highest BCUT2D eigenvalue weighted by Gasteiger charge is 2.24. The predicted octanol–water partition coefficient (Wildman–Crippen LogP) is 3.17. The Bertz CT molecular complexity index is 1140. The fourth-order valence-corrected chi connectivity index (χ4v) is 3.25. The first kappa shape index (κ1) is 26.2. The summed E-state index contributed by atoms with van der Waals surface area (Å²) in [7, 11) is 0. The number of nitrogens with one attached hydrogen (secondary N) is 2. The third-order valence-electron chi connectivity index (χ3n) is 5.17. The van der Waals surface area contributed by atoms with Crippen LogP contribution in [0.2, 0.25) is 0 Å². The first-order valence-electron chi connectivity index (χ1n) is 11.5. The van der Waals surface area contributed by atoms with E-state index in [1.165, 1.54) is 0 Å². The zero-order valence-corrected chi connectivity index (χ0v) is 19.7. The van der Waals surface area contributed by atoms with E-state index in [9.17, 15) is 19.2 Å². The maximum atomic E-state index is 12.7. The summed E-state index contributed by atoms with van der Waals surface area (Å²) in [5.41, 5.74) is 2.03. The van der Waals surface area contributed by atoms with Crippen molar-refractivity contribution < 1.29 is 28.7 Å². The van der Waals surface area contributed by atoms with Gasteiger partial charge in [-0.05, 0) is 29.7 Å². The Balaban J connectivity index is 1.53. The number of rotatable bonds is 12. The van der Waals surface area contributed by atoms with E-state index in [4.69, 9.17) is 9.47 Å². The lowest BCUT2D eigenvalue weighted by atomic mass is 10.1. The van der Waals surface area contributed by atoms with Gasteiger partial charge in [-0.1, -0.05) is 78.9 Å². The third-order valence-corrected chi connectivity index (χ3v) is 5.17. The summed E-state index contributed by atoms with van der Waals surface area (Å²) in [6, 6.07) is 25.7. The van der Waals surface area contributed by atoms with Crippen LogP contribution in [0.25, 0.3) is 0 Å². The van der Waals surface area contributed by atoms with Crippen LogP contribution in [0.15, 0.2) is 91.0 Å². The van der Waals surface area contributed by atoms with Crippen molar-refractivity contribution >= 4 is 23.8 Å². The lowest BCUT2D eigenvalue weighted by molar-refractivity contribution is -0.150. The van der Waals surface area contributed by atoms with E-state index in [0.717, 1.165) is 11.1 Å². The van der Waals surface area contributed by atoms with Crippen LogP contribution in [0, 0.1) is 0 Å². The predicted molar refractivity (Wildman–Crippen MR) is 132 cm³/mol. The average Bonchev–Trinajstić information content (AvgIpc) is 2.93. The summed E-state index contributed by atoms with van der Waals surface area (Å²) in [6.07, 6.45) is -0.117. The highest BCUT2D eigenvalue weighted by molar-refractivity contribution is 5.96. The molecule has 0 aromatic heterocycles. The van der Waals surface area contributed by atoms with Gasteiger partial charge in [0.15, 0.2) is 0 Å². The van der Waals surface area contributed by atoms with Crippen LogP contribution in [-0.2, 0) is 37.1 Å². The van der Waals surface area contributed by atoms with Crippen molar-refractivity contribution in [1.29, 1.82) is 0 Å².